The summed E-state index contributed by atoms with van der Waals surface area (Å²) in [5.74, 6) is -1.92. The molecule has 6 nitrogen and oxygen atoms in total. The molecule has 0 aromatic rings. The molecule has 0 aromatic carbocycles. The average molecular weight is 262 g/mol. The van der Waals surface area contributed by atoms with Crippen LogP contribution in [0.15, 0.2) is 23.3 Å². The van der Waals surface area contributed by atoms with Gasteiger partial charge in [-0.3, -0.25) is 29.4 Å². The van der Waals surface area contributed by atoms with Crippen LogP contribution in [-0.2, 0) is 19.2 Å². The number of rotatable bonds is 1. The Morgan fingerprint density at radius 2 is 1.58 bits per heavy atom. The molecule has 2 aliphatic heterocycles. The van der Waals surface area contributed by atoms with E-state index in [0.29, 0.717) is 11.1 Å². The second-order valence-corrected chi connectivity index (χ2v) is 4.35. The number of likely N-dealkylation sites (tertiary alicyclic amines) is 1. The molecule has 2 heterocycles. The number of hydrogen-bond donors (Lipinski definition) is 1. The van der Waals surface area contributed by atoms with Crippen LogP contribution in [0.25, 0.3) is 0 Å². The summed E-state index contributed by atoms with van der Waals surface area (Å²) in [5.41, 5.74) is 0.606. The summed E-state index contributed by atoms with van der Waals surface area (Å²) in [6, 6.07) is -0.898. The van der Waals surface area contributed by atoms with E-state index in [2.05, 4.69) is 5.32 Å². The van der Waals surface area contributed by atoms with Crippen molar-refractivity contribution < 1.29 is 19.2 Å². The third-order valence-electron chi connectivity index (χ3n) is 3.29. The number of carbonyl (C=O) groups is 4. The maximum atomic E-state index is 12.2. The van der Waals surface area contributed by atoms with Crippen LogP contribution < -0.4 is 5.32 Å². The molecule has 1 N–H and O–H groups in total. The molecule has 100 valence electrons. The van der Waals surface area contributed by atoms with E-state index in [1.54, 1.807) is 26.0 Å². The zero-order chi connectivity index (χ0) is 14.2. The molecule has 19 heavy (non-hydrogen) atoms. The largest absolute Gasteiger partial charge is 0.295 e. The predicted molar refractivity (Wildman–Crippen MR) is 65.5 cm³/mol. The van der Waals surface area contributed by atoms with Crippen molar-refractivity contribution in [3.8, 4) is 0 Å². The molecular formula is C13H14N2O4. The Morgan fingerprint density at radius 1 is 1.05 bits per heavy atom. The van der Waals surface area contributed by atoms with E-state index < -0.39 is 23.8 Å². The minimum Gasteiger partial charge on any atom is -0.295 e. The highest BCUT2D eigenvalue weighted by Gasteiger charge is 2.45. The summed E-state index contributed by atoms with van der Waals surface area (Å²) >= 11 is 0. The second kappa shape index (κ2) is 4.79. The number of nitrogens with zero attached hydrogens (tertiary/aromatic N) is 1. The van der Waals surface area contributed by atoms with Gasteiger partial charge in [0.1, 0.15) is 6.04 Å². The number of imide groups is 2. The van der Waals surface area contributed by atoms with Crippen LogP contribution in [0.1, 0.15) is 26.7 Å². The van der Waals surface area contributed by atoms with Crippen LogP contribution in [0.4, 0.5) is 0 Å². The number of amides is 4. The molecule has 4 amide bonds. The third-order valence-corrected chi connectivity index (χ3v) is 3.29. The van der Waals surface area contributed by atoms with Crippen LogP contribution >= 0.6 is 0 Å². The monoisotopic (exact) mass is 262 g/mol. The van der Waals surface area contributed by atoms with Gasteiger partial charge < -0.3 is 0 Å². The van der Waals surface area contributed by atoms with Gasteiger partial charge in [-0.25, -0.2) is 0 Å². The summed E-state index contributed by atoms with van der Waals surface area (Å²) in [4.78, 5) is 48.1. The molecular weight excluding hydrogens is 248 g/mol. The lowest BCUT2D eigenvalue weighted by Crippen LogP contribution is -2.54. The van der Waals surface area contributed by atoms with Crippen molar-refractivity contribution in [3.63, 3.8) is 0 Å². The van der Waals surface area contributed by atoms with E-state index in [1.165, 1.54) is 0 Å². The van der Waals surface area contributed by atoms with Crippen molar-refractivity contribution >= 4 is 23.6 Å². The molecule has 0 radical (unpaired) electrons. The molecule has 2 fully saturated rings. The van der Waals surface area contributed by atoms with Gasteiger partial charge in [0.05, 0.1) is 0 Å². The minimum atomic E-state index is -0.898. The van der Waals surface area contributed by atoms with E-state index in [1.807, 2.05) is 0 Å². The van der Waals surface area contributed by atoms with E-state index in [4.69, 9.17) is 0 Å². The first-order valence-electron chi connectivity index (χ1n) is 6.05. The van der Waals surface area contributed by atoms with Crippen LogP contribution in [0.5, 0.6) is 0 Å². The van der Waals surface area contributed by atoms with E-state index in [0.717, 1.165) is 4.90 Å². The van der Waals surface area contributed by atoms with Crippen molar-refractivity contribution in [2.45, 2.75) is 32.7 Å². The lowest BCUT2D eigenvalue weighted by atomic mass is 10.0. The minimum absolute atomic E-state index is 0.129. The Morgan fingerprint density at radius 3 is 2.00 bits per heavy atom. The number of nitrogens with one attached hydrogen (secondary N) is 1. The molecule has 2 saturated heterocycles. The third kappa shape index (κ3) is 1.99. The zero-order valence-corrected chi connectivity index (χ0v) is 10.7. The summed E-state index contributed by atoms with van der Waals surface area (Å²) < 4.78 is 0. The van der Waals surface area contributed by atoms with Gasteiger partial charge in [-0.15, -0.1) is 0 Å². The smallest absolute Gasteiger partial charge is 0.261 e. The van der Waals surface area contributed by atoms with Gasteiger partial charge >= 0.3 is 0 Å². The normalized spacial score (nSPS) is 28.5. The van der Waals surface area contributed by atoms with Crippen LogP contribution in [0, 0.1) is 0 Å². The Balaban J connectivity index is 2.36. The Labute approximate surface area is 110 Å². The molecule has 0 spiro atoms. The first-order chi connectivity index (χ1) is 9.01. The molecule has 0 bridgehead atoms. The highest BCUT2D eigenvalue weighted by Crippen LogP contribution is 2.28. The highest BCUT2D eigenvalue weighted by atomic mass is 16.2. The van der Waals surface area contributed by atoms with Gasteiger partial charge in [-0.2, -0.15) is 0 Å². The summed E-state index contributed by atoms with van der Waals surface area (Å²) in [5, 5.41) is 2.15. The SMILES string of the molecule is C/C=C1/C(=O)N(C2CCC(=O)NC2=O)C(=O)/C1=C/C. The predicted octanol–water partition coefficient (Wildman–Crippen LogP) is 0.0530. The summed E-state index contributed by atoms with van der Waals surface area (Å²) in [7, 11) is 0. The van der Waals surface area contributed by atoms with Gasteiger partial charge in [0.15, 0.2) is 0 Å². The standard InChI is InChI=1S/C13H14N2O4/c1-3-7-8(4-2)13(19)15(12(7)18)9-5-6-10(16)14-11(9)17/h3-4,9H,5-6H2,1-2H3,(H,14,16,17)/b7-3+,8-4+. The van der Waals surface area contributed by atoms with Crippen molar-refractivity contribution in [2.24, 2.45) is 0 Å². The van der Waals surface area contributed by atoms with Crippen LogP contribution in [-0.4, -0.2) is 34.6 Å². The Hall–Kier alpha value is -2.24. The van der Waals surface area contributed by atoms with E-state index in [-0.39, 0.29) is 18.7 Å². The average Bonchev–Trinajstić information content (AvgIpc) is 2.61. The number of piperidine rings is 1. The van der Waals surface area contributed by atoms with Crippen LogP contribution in [0.2, 0.25) is 0 Å². The maximum absolute atomic E-state index is 12.2. The topological polar surface area (TPSA) is 83.6 Å². The lowest BCUT2D eigenvalue weighted by molar-refractivity contribution is -0.149. The molecule has 2 rings (SSSR count). The van der Waals surface area contributed by atoms with Crippen molar-refractivity contribution in [1.29, 1.82) is 0 Å². The van der Waals surface area contributed by atoms with Gasteiger partial charge in [0, 0.05) is 17.6 Å². The molecule has 2 aliphatic rings. The van der Waals surface area contributed by atoms with E-state index in [9.17, 15) is 19.2 Å². The second-order valence-electron chi connectivity index (χ2n) is 4.35. The van der Waals surface area contributed by atoms with Gasteiger partial charge in [-0.1, -0.05) is 12.2 Å². The Kier molecular flexibility index (Phi) is 3.33. The first-order valence-corrected chi connectivity index (χ1v) is 6.05. The zero-order valence-electron chi connectivity index (χ0n) is 10.7. The summed E-state index contributed by atoms with van der Waals surface area (Å²) in [6.07, 6.45) is 3.42. The first kappa shape index (κ1) is 13.2. The molecule has 1 atom stereocenters. The van der Waals surface area contributed by atoms with Gasteiger partial charge in [-0.05, 0) is 20.3 Å². The van der Waals surface area contributed by atoms with E-state index >= 15 is 0 Å². The van der Waals surface area contributed by atoms with Crippen molar-refractivity contribution in [3.05, 3.63) is 23.3 Å². The van der Waals surface area contributed by atoms with Gasteiger partial charge in [0.25, 0.3) is 11.8 Å². The molecule has 0 aromatic heterocycles. The van der Waals surface area contributed by atoms with Crippen molar-refractivity contribution in [1.82, 2.24) is 10.2 Å². The van der Waals surface area contributed by atoms with Crippen LogP contribution in [0.3, 0.4) is 0 Å². The molecule has 0 saturated carbocycles. The molecule has 0 aliphatic carbocycles. The molecule has 1 unspecified atom stereocenters. The number of hydrogen-bond acceptors (Lipinski definition) is 4. The van der Waals surface area contributed by atoms with Crippen molar-refractivity contribution in [2.75, 3.05) is 0 Å². The Bertz CT molecular complexity index is 515. The summed E-state index contributed by atoms with van der Waals surface area (Å²) in [6.45, 7) is 3.33. The maximum Gasteiger partial charge on any atom is 0.261 e. The molecule has 6 heteroatoms. The number of carbonyl (C=O) groups excluding carboxylic acids is 4. The van der Waals surface area contributed by atoms with Gasteiger partial charge in [0.2, 0.25) is 11.8 Å². The quantitative estimate of drug-likeness (QED) is 0.534. The fourth-order valence-corrected chi connectivity index (χ4v) is 2.35. The lowest BCUT2D eigenvalue weighted by Gasteiger charge is -2.27. The fourth-order valence-electron chi connectivity index (χ4n) is 2.35. The number of allylic oxidation sites excluding steroid dienone is 2. The highest BCUT2D eigenvalue weighted by molar-refractivity contribution is 6.26. The fraction of sp³-hybridized carbons (Fsp3) is 0.385.